The molecule has 3 saturated carbocycles. The first-order valence-electron chi connectivity index (χ1n) is 15.8. The van der Waals surface area contributed by atoms with Crippen molar-refractivity contribution < 1.29 is 63.3 Å². The second kappa shape index (κ2) is 31.1. The number of rotatable bonds is 9. The van der Waals surface area contributed by atoms with E-state index in [-0.39, 0.29) is 54.8 Å². The van der Waals surface area contributed by atoms with Crippen molar-refractivity contribution in [2.24, 2.45) is 0 Å². The molecule has 0 N–H and O–H groups in total. The van der Waals surface area contributed by atoms with E-state index in [9.17, 15) is 17.3 Å². The normalized spacial score (nSPS) is 18.7. The molecule has 12 heteroatoms. The summed E-state index contributed by atoms with van der Waals surface area (Å²) in [5.74, 6) is 6.41. The topological polar surface area (TPSA) is 42.2 Å². The summed E-state index contributed by atoms with van der Waals surface area (Å²) in [6.45, 7) is 26.1. The van der Waals surface area contributed by atoms with Crippen LogP contribution in [0.2, 0.25) is 0 Å². The van der Waals surface area contributed by atoms with E-state index >= 15 is 0 Å². The van der Waals surface area contributed by atoms with E-state index in [1.54, 1.807) is 26.6 Å². The van der Waals surface area contributed by atoms with Gasteiger partial charge in [0.2, 0.25) is 0 Å². The molecular formula is C39H56BF4FeNO2P2Ru+3. The molecular weight excluding hydrogens is 820 g/mol. The molecule has 51 heavy (non-hydrogen) atoms. The molecule has 0 bridgehead atoms. The van der Waals surface area contributed by atoms with Gasteiger partial charge in [0.05, 0.1) is 26.6 Å². The maximum absolute atomic E-state index is 9.75. The van der Waals surface area contributed by atoms with Crippen LogP contribution in [0.3, 0.4) is 0 Å². The van der Waals surface area contributed by atoms with Gasteiger partial charge in [0, 0.05) is 12.6 Å². The molecule has 0 aromatic carbocycles. The summed E-state index contributed by atoms with van der Waals surface area (Å²) in [7, 11) is -3.63. The van der Waals surface area contributed by atoms with Gasteiger partial charge in [0.25, 0.3) is 0 Å². The standard InChI is InChI=1S/C25H39O2P2.C7H9.C5H5.C2H3N.BF4.Fe.Ru/c1-11-15-23(27-10)28(19-13-12-18-26-9)20(2)21-16-14-17-22(21)29(24(3,4)5)25(6,7)8;1-6-3-4-7(2)5-6;1-2-4-5-3-1;1-2-3;2-1(3,4)5;;/h11-20H,1H2,2-10H3;3-5H,1-2H3;1-5H;1H3;;;/q;;;;-1;2*+2/b18-12-,19-13+,23-15+;;;;;;/t20-,28?;;;;;;/m1....../s1. The summed E-state index contributed by atoms with van der Waals surface area (Å²) in [4.78, 5) is 0. The van der Waals surface area contributed by atoms with Gasteiger partial charge in [-0.25, -0.2) is 0 Å². The number of hydrogen-bond acceptors (Lipinski definition) is 3. The van der Waals surface area contributed by atoms with E-state index in [4.69, 9.17) is 14.7 Å². The maximum atomic E-state index is 9.75. The molecule has 0 spiro atoms. The number of ether oxygens (including phenoxy) is 2. The Morgan fingerprint density at radius 3 is 1.61 bits per heavy atom. The van der Waals surface area contributed by atoms with Crippen molar-refractivity contribution in [2.45, 2.75) is 85.2 Å². The molecule has 0 aliphatic heterocycles. The number of nitrogens with zero attached hydrogens (tertiary/aromatic N) is 1. The summed E-state index contributed by atoms with van der Waals surface area (Å²) in [6.07, 6.45) is 32.7. The quantitative estimate of drug-likeness (QED) is 0.0762. The molecule has 0 amide bonds. The fraction of sp³-hybridized carbons (Fsp3) is 0.385. The van der Waals surface area contributed by atoms with Gasteiger partial charge < -0.3 is 26.7 Å². The first-order valence-corrected chi connectivity index (χ1v) is 18.6. The number of methoxy groups -OCH3 is 2. The average molecular weight is 877 g/mol. The number of halogens is 4. The van der Waals surface area contributed by atoms with Crippen molar-refractivity contribution in [3.63, 3.8) is 0 Å². The van der Waals surface area contributed by atoms with Crippen LogP contribution in [0, 0.1) is 105 Å². The number of nitriles is 1. The van der Waals surface area contributed by atoms with Crippen LogP contribution in [0.5, 0.6) is 0 Å². The molecule has 15 radical (unpaired) electrons. The second-order valence-electron chi connectivity index (χ2n) is 12.6. The van der Waals surface area contributed by atoms with E-state index in [1.807, 2.05) is 50.3 Å². The van der Waals surface area contributed by atoms with Gasteiger partial charge in [-0.1, -0.05) is 94.8 Å². The van der Waals surface area contributed by atoms with Crippen molar-refractivity contribution in [2.75, 3.05) is 14.2 Å². The summed E-state index contributed by atoms with van der Waals surface area (Å²) in [5.41, 5.74) is 2.84. The van der Waals surface area contributed by atoms with Crippen LogP contribution in [-0.2, 0) is 46.0 Å². The van der Waals surface area contributed by atoms with Crippen LogP contribution in [0.1, 0.15) is 69.2 Å². The van der Waals surface area contributed by atoms with Crippen LogP contribution < -0.4 is 0 Å². The van der Waals surface area contributed by atoms with Gasteiger partial charge in [0.1, 0.15) is 5.50 Å². The first kappa shape index (κ1) is 57.6. The van der Waals surface area contributed by atoms with Crippen molar-refractivity contribution in [1.29, 1.82) is 5.26 Å². The Balaban J connectivity index is -0.000000403. The van der Waals surface area contributed by atoms with E-state index in [0.29, 0.717) is 5.66 Å². The van der Waals surface area contributed by atoms with Crippen LogP contribution >= 0.6 is 15.8 Å². The van der Waals surface area contributed by atoms with E-state index < -0.39 is 15.2 Å². The molecule has 0 saturated heterocycles. The fourth-order valence-electron chi connectivity index (χ4n) is 4.92. The first-order chi connectivity index (χ1) is 22.7. The summed E-state index contributed by atoms with van der Waals surface area (Å²) < 4.78 is 49.8. The van der Waals surface area contributed by atoms with Crippen LogP contribution in [0.25, 0.3) is 0 Å². The summed E-state index contributed by atoms with van der Waals surface area (Å²) >= 11 is 0. The molecule has 0 aromatic rings. The minimum Gasteiger partial charge on any atom is -0.504 e. The molecule has 1 unspecified atom stereocenters. The molecule has 0 aromatic heterocycles. The third-order valence-corrected chi connectivity index (χ3v) is 12.2. The fourth-order valence-corrected chi connectivity index (χ4v) is 11.3. The third-order valence-electron chi connectivity index (χ3n) is 6.19. The van der Waals surface area contributed by atoms with E-state index in [0.717, 1.165) is 5.50 Å². The van der Waals surface area contributed by atoms with Gasteiger partial charge in [0.15, 0.2) is 0 Å². The Labute approximate surface area is 337 Å². The van der Waals surface area contributed by atoms with Gasteiger partial charge in [-0.15, -0.1) is 0 Å². The third kappa shape index (κ3) is 28.9. The zero-order chi connectivity index (χ0) is 38.3. The van der Waals surface area contributed by atoms with Gasteiger partial charge in [-0.05, 0) is 124 Å². The Morgan fingerprint density at radius 1 is 0.863 bits per heavy atom. The summed E-state index contributed by atoms with van der Waals surface area (Å²) in [5, 5.41) is 7.79. The minimum atomic E-state index is -6.00. The van der Waals surface area contributed by atoms with Crippen LogP contribution in [-0.4, -0.2) is 37.4 Å². The zero-order valence-electron chi connectivity index (χ0n) is 32.1. The monoisotopic (exact) mass is 877 g/mol. The maximum Gasteiger partial charge on any atom is 2.00 e. The molecule has 283 valence electrons. The largest absolute Gasteiger partial charge is 2.00 e. The van der Waals surface area contributed by atoms with Gasteiger partial charge in [-0.2, -0.15) is 5.26 Å². The SMILES string of the molecule is C=C/C=C(\OC)P(/C=C/C=C\OC)[C@H](C)[C]1[CH][CH][CH][C]1P(C(C)(C)C)C(C)(C)C.CC#N.C[C]1[CH][CH][C](C)[CH]1.F[B-](F)(F)F.[CH]1[CH][CH][CH][CH]1.[Fe+2].[Ru+2]. The van der Waals surface area contributed by atoms with E-state index in [2.05, 4.69) is 119 Å². The van der Waals surface area contributed by atoms with Crippen molar-refractivity contribution in [3.8, 4) is 6.07 Å². The van der Waals surface area contributed by atoms with Crippen LogP contribution in [0.4, 0.5) is 17.3 Å². The molecule has 3 rings (SSSR count). The number of allylic oxidation sites excluding steroid dienone is 4. The number of hydrogen-bond donors (Lipinski definition) is 0. The predicted octanol–water partition coefficient (Wildman–Crippen LogP) is 12.7. The average Bonchev–Trinajstić information content (AvgIpc) is 3.75. The van der Waals surface area contributed by atoms with Crippen molar-refractivity contribution in [1.82, 2.24) is 0 Å². The molecule has 3 fully saturated rings. The Kier molecular flexibility index (Phi) is 35.1. The van der Waals surface area contributed by atoms with Gasteiger partial charge >= 0.3 is 43.8 Å². The van der Waals surface area contributed by atoms with Crippen molar-refractivity contribution in [3.05, 3.63) is 143 Å². The Morgan fingerprint density at radius 2 is 1.29 bits per heavy atom. The zero-order valence-corrected chi connectivity index (χ0v) is 36.7. The Bertz CT molecular complexity index is 974. The second-order valence-corrected chi connectivity index (χ2v) is 18.8. The smallest absolute Gasteiger partial charge is 0.504 e. The molecule has 3 nitrogen and oxygen atoms in total. The molecule has 2 atom stereocenters. The molecule has 3 aliphatic rings. The van der Waals surface area contributed by atoms with Crippen molar-refractivity contribution >= 4 is 23.1 Å². The minimum absolute atomic E-state index is 0. The summed E-state index contributed by atoms with van der Waals surface area (Å²) in [6, 6.07) is 1.75. The molecule has 0 heterocycles. The molecule has 3 aliphatic carbocycles. The van der Waals surface area contributed by atoms with E-state index in [1.165, 1.54) is 30.3 Å². The van der Waals surface area contributed by atoms with Gasteiger partial charge in [-0.3, -0.25) is 0 Å². The van der Waals surface area contributed by atoms with Crippen LogP contribution in [0.15, 0.2) is 48.5 Å². The predicted molar refractivity (Wildman–Crippen MR) is 206 cm³/mol. The Hall–Kier alpha value is -0.162.